The molecule has 106 valence electrons. The Morgan fingerprint density at radius 3 is 1.83 bits per heavy atom. The third-order valence-electron chi connectivity index (χ3n) is 5.52. The van der Waals surface area contributed by atoms with Crippen molar-refractivity contribution in [1.29, 1.82) is 0 Å². The van der Waals surface area contributed by atoms with Crippen molar-refractivity contribution in [1.82, 2.24) is 4.90 Å². The van der Waals surface area contributed by atoms with Crippen LogP contribution >= 0.6 is 0 Å². The van der Waals surface area contributed by atoms with Gasteiger partial charge in [-0.05, 0) is 76.3 Å². The van der Waals surface area contributed by atoms with Crippen molar-refractivity contribution in [3.63, 3.8) is 0 Å². The zero-order valence-electron chi connectivity index (χ0n) is 12.6. The number of hydrogen-bond donors (Lipinski definition) is 1. The Labute approximate surface area is 113 Å². The SMILES string of the molecule is CC(C)C1CCC(N2CCC(C(C)N)CC2)CC1. The van der Waals surface area contributed by atoms with Gasteiger partial charge in [-0.3, -0.25) is 0 Å². The normalized spacial score (nSPS) is 33.8. The van der Waals surface area contributed by atoms with Crippen molar-refractivity contribution in [2.75, 3.05) is 13.1 Å². The summed E-state index contributed by atoms with van der Waals surface area (Å²) in [5.74, 6) is 2.64. The highest BCUT2D eigenvalue weighted by Crippen LogP contribution is 2.33. The maximum atomic E-state index is 6.02. The van der Waals surface area contributed by atoms with Crippen LogP contribution in [0.5, 0.6) is 0 Å². The smallest absolute Gasteiger partial charge is 0.00954 e. The van der Waals surface area contributed by atoms with Gasteiger partial charge >= 0.3 is 0 Å². The second-order valence-corrected chi connectivity index (χ2v) is 7.05. The maximum Gasteiger partial charge on any atom is 0.00954 e. The molecule has 0 bridgehead atoms. The highest BCUT2D eigenvalue weighted by atomic mass is 15.2. The quantitative estimate of drug-likeness (QED) is 0.835. The monoisotopic (exact) mass is 252 g/mol. The van der Waals surface area contributed by atoms with E-state index in [2.05, 4.69) is 25.7 Å². The summed E-state index contributed by atoms with van der Waals surface area (Å²) in [7, 11) is 0. The fourth-order valence-electron chi connectivity index (χ4n) is 3.94. The standard InChI is InChI=1S/C16H32N2/c1-12(2)14-4-6-16(7-5-14)18-10-8-15(9-11-18)13(3)17/h12-16H,4-11,17H2,1-3H3. The van der Waals surface area contributed by atoms with Gasteiger partial charge in [0.15, 0.2) is 0 Å². The highest BCUT2D eigenvalue weighted by molar-refractivity contribution is 4.85. The molecule has 0 aromatic rings. The molecule has 1 saturated carbocycles. The minimum absolute atomic E-state index is 0.392. The summed E-state index contributed by atoms with van der Waals surface area (Å²) in [4.78, 5) is 2.76. The van der Waals surface area contributed by atoms with Crippen LogP contribution in [-0.2, 0) is 0 Å². The predicted molar refractivity (Wildman–Crippen MR) is 78.5 cm³/mol. The molecule has 2 heteroatoms. The summed E-state index contributed by atoms with van der Waals surface area (Å²) >= 11 is 0. The summed E-state index contributed by atoms with van der Waals surface area (Å²) in [6.45, 7) is 9.54. The summed E-state index contributed by atoms with van der Waals surface area (Å²) in [6.07, 6.45) is 8.42. The van der Waals surface area contributed by atoms with Gasteiger partial charge in [0, 0.05) is 12.1 Å². The maximum absolute atomic E-state index is 6.02. The second kappa shape index (κ2) is 6.38. The van der Waals surface area contributed by atoms with Crippen LogP contribution in [0.1, 0.15) is 59.3 Å². The molecule has 1 saturated heterocycles. The van der Waals surface area contributed by atoms with E-state index in [-0.39, 0.29) is 0 Å². The third-order valence-corrected chi connectivity index (χ3v) is 5.52. The molecule has 18 heavy (non-hydrogen) atoms. The van der Waals surface area contributed by atoms with Crippen LogP contribution in [0.15, 0.2) is 0 Å². The van der Waals surface area contributed by atoms with E-state index in [1.54, 1.807) is 0 Å². The Balaban J connectivity index is 1.75. The van der Waals surface area contributed by atoms with Gasteiger partial charge in [-0.25, -0.2) is 0 Å². The van der Waals surface area contributed by atoms with Crippen LogP contribution in [0, 0.1) is 17.8 Å². The molecule has 1 atom stereocenters. The molecule has 0 aromatic heterocycles. The average Bonchev–Trinajstić information content (AvgIpc) is 2.39. The average molecular weight is 252 g/mol. The zero-order valence-corrected chi connectivity index (χ0v) is 12.6. The van der Waals surface area contributed by atoms with Crippen molar-refractivity contribution in [2.24, 2.45) is 23.5 Å². The van der Waals surface area contributed by atoms with E-state index in [0.29, 0.717) is 6.04 Å². The van der Waals surface area contributed by atoms with Crippen LogP contribution in [0.3, 0.4) is 0 Å². The van der Waals surface area contributed by atoms with Crippen LogP contribution < -0.4 is 5.73 Å². The van der Waals surface area contributed by atoms with Gasteiger partial charge in [-0.2, -0.15) is 0 Å². The molecule has 2 aliphatic rings. The largest absolute Gasteiger partial charge is 0.328 e. The Bertz CT molecular complexity index is 207. The minimum Gasteiger partial charge on any atom is -0.328 e. The molecule has 1 aliphatic carbocycles. The van der Waals surface area contributed by atoms with Crippen LogP contribution in [-0.4, -0.2) is 30.1 Å². The van der Waals surface area contributed by atoms with E-state index in [1.165, 1.54) is 51.6 Å². The third kappa shape index (κ3) is 3.48. The van der Waals surface area contributed by atoms with E-state index in [9.17, 15) is 0 Å². The zero-order chi connectivity index (χ0) is 13.1. The van der Waals surface area contributed by atoms with Gasteiger partial charge < -0.3 is 10.6 Å². The molecular formula is C16H32N2. The molecule has 2 rings (SSSR count). The van der Waals surface area contributed by atoms with E-state index in [4.69, 9.17) is 5.73 Å². The molecule has 1 aliphatic heterocycles. The van der Waals surface area contributed by atoms with Crippen LogP contribution in [0.4, 0.5) is 0 Å². The molecule has 1 unspecified atom stereocenters. The minimum atomic E-state index is 0.392. The number of nitrogens with two attached hydrogens (primary N) is 1. The van der Waals surface area contributed by atoms with Crippen LogP contribution in [0.25, 0.3) is 0 Å². The van der Waals surface area contributed by atoms with Crippen molar-refractivity contribution in [3.05, 3.63) is 0 Å². The van der Waals surface area contributed by atoms with E-state index < -0.39 is 0 Å². The molecule has 0 radical (unpaired) electrons. The lowest BCUT2D eigenvalue weighted by Gasteiger charge is -2.42. The molecule has 2 N–H and O–H groups in total. The molecule has 0 spiro atoms. The Morgan fingerprint density at radius 1 is 0.833 bits per heavy atom. The first-order chi connectivity index (χ1) is 8.58. The topological polar surface area (TPSA) is 29.3 Å². The number of piperidine rings is 1. The van der Waals surface area contributed by atoms with Gasteiger partial charge in [0.05, 0.1) is 0 Å². The summed E-state index contributed by atoms with van der Waals surface area (Å²) in [5.41, 5.74) is 6.02. The van der Waals surface area contributed by atoms with Gasteiger partial charge in [-0.15, -0.1) is 0 Å². The molecule has 2 nitrogen and oxygen atoms in total. The molecule has 2 fully saturated rings. The lowest BCUT2D eigenvalue weighted by atomic mass is 9.78. The first-order valence-electron chi connectivity index (χ1n) is 8.07. The molecule has 0 amide bonds. The first kappa shape index (κ1) is 14.3. The Hall–Kier alpha value is -0.0800. The fourth-order valence-corrected chi connectivity index (χ4v) is 3.94. The van der Waals surface area contributed by atoms with E-state index in [0.717, 1.165) is 23.8 Å². The molecular weight excluding hydrogens is 220 g/mol. The van der Waals surface area contributed by atoms with Gasteiger partial charge in [0.25, 0.3) is 0 Å². The second-order valence-electron chi connectivity index (χ2n) is 7.05. The van der Waals surface area contributed by atoms with Crippen molar-refractivity contribution >= 4 is 0 Å². The van der Waals surface area contributed by atoms with Gasteiger partial charge in [0.2, 0.25) is 0 Å². The predicted octanol–water partition coefficient (Wildman–Crippen LogP) is 3.26. The number of likely N-dealkylation sites (tertiary alicyclic amines) is 1. The summed E-state index contributed by atoms with van der Waals surface area (Å²) in [5, 5.41) is 0. The summed E-state index contributed by atoms with van der Waals surface area (Å²) < 4.78 is 0. The molecule has 1 heterocycles. The van der Waals surface area contributed by atoms with E-state index in [1.807, 2.05) is 0 Å². The van der Waals surface area contributed by atoms with Crippen LogP contribution in [0.2, 0.25) is 0 Å². The number of nitrogens with zero attached hydrogens (tertiary/aromatic N) is 1. The number of rotatable bonds is 3. The van der Waals surface area contributed by atoms with Gasteiger partial charge in [-0.1, -0.05) is 13.8 Å². The molecule has 0 aromatic carbocycles. The first-order valence-corrected chi connectivity index (χ1v) is 8.07. The fraction of sp³-hybridized carbons (Fsp3) is 1.00. The van der Waals surface area contributed by atoms with Crippen molar-refractivity contribution in [2.45, 2.75) is 71.4 Å². The van der Waals surface area contributed by atoms with Crippen molar-refractivity contribution in [3.8, 4) is 0 Å². The lowest BCUT2D eigenvalue weighted by Crippen LogP contribution is -2.46. The highest BCUT2D eigenvalue weighted by Gasteiger charge is 2.30. The number of hydrogen-bond acceptors (Lipinski definition) is 2. The Kier molecular flexibility index (Phi) is 5.08. The van der Waals surface area contributed by atoms with Gasteiger partial charge in [0.1, 0.15) is 0 Å². The Morgan fingerprint density at radius 2 is 1.39 bits per heavy atom. The lowest BCUT2D eigenvalue weighted by molar-refractivity contribution is 0.0826. The van der Waals surface area contributed by atoms with Crippen molar-refractivity contribution < 1.29 is 0 Å². The summed E-state index contributed by atoms with van der Waals surface area (Å²) in [6, 6.07) is 1.28. The van der Waals surface area contributed by atoms with E-state index >= 15 is 0 Å².